The third kappa shape index (κ3) is 4.39. The SMILES string of the molecule is COc1cc(N2CN3[C@H](C2=O)[C@@H](c2cccc(Cl)c2F)[C@@]2(C(=O)Nc4cc(Cl)ccc42)[C@H]3CC(C)(C)C)ccc1C(N)=O. The molecule has 224 valence electrons. The molecule has 3 aliphatic heterocycles. The van der Waals surface area contributed by atoms with Crippen LogP contribution in [0.2, 0.25) is 10.0 Å². The van der Waals surface area contributed by atoms with Gasteiger partial charge in [-0.3, -0.25) is 24.2 Å². The van der Waals surface area contributed by atoms with E-state index in [0.717, 1.165) is 0 Å². The van der Waals surface area contributed by atoms with Gasteiger partial charge in [-0.1, -0.05) is 62.2 Å². The lowest BCUT2D eigenvalue weighted by atomic mass is 9.62. The number of anilines is 2. The normalized spacial score (nSPS) is 24.8. The molecule has 0 aromatic heterocycles. The molecule has 3 aromatic rings. The fraction of sp³-hybridized carbons (Fsp3) is 0.344. The summed E-state index contributed by atoms with van der Waals surface area (Å²) < 4.78 is 21.5. The number of halogens is 3. The van der Waals surface area contributed by atoms with Gasteiger partial charge in [0.1, 0.15) is 17.0 Å². The first kappa shape index (κ1) is 29.4. The zero-order valence-corrected chi connectivity index (χ0v) is 25.6. The molecule has 3 N–H and O–H groups in total. The van der Waals surface area contributed by atoms with E-state index in [1.165, 1.54) is 19.2 Å². The van der Waals surface area contributed by atoms with E-state index < -0.39 is 35.1 Å². The van der Waals surface area contributed by atoms with Gasteiger partial charge in [-0.05, 0) is 53.3 Å². The van der Waals surface area contributed by atoms with E-state index in [1.54, 1.807) is 47.4 Å². The van der Waals surface area contributed by atoms with Gasteiger partial charge in [0, 0.05) is 34.4 Å². The van der Waals surface area contributed by atoms with Crippen LogP contribution in [0.15, 0.2) is 54.6 Å². The molecule has 3 amide bonds. The van der Waals surface area contributed by atoms with Crippen LogP contribution in [0.25, 0.3) is 0 Å². The summed E-state index contributed by atoms with van der Waals surface area (Å²) in [5.41, 5.74) is 5.98. The first-order valence-corrected chi connectivity index (χ1v) is 14.7. The number of hydrogen-bond donors (Lipinski definition) is 2. The minimum absolute atomic E-state index is 0.0951. The summed E-state index contributed by atoms with van der Waals surface area (Å²) in [6, 6.07) is 13.2. The van der Waals surface area contributed by atoms with E-state index in [2.05, 4.69) is 26.1 Å². The number of nitrogens with two attached hydrogens (primary N) is 1. The van der Waals surface area contributed by atoms with E-state index >= 15 is 4.39 Å². The Morgan fingerprint density at radius 3 is 2.56 bits per heavy atom. The van der Waals surface area contributed by atoms with Crippen molar-refractivity contribution in [1.82, 2.24) is 4.90 Å². The van der Waals surface area contributed by atoms with Crippen LogP contribution in [0.1, 0.15) is 54.6 Å². The lowest BCUT2D eigenvalue weighted by Gasteiger charge is -2.40. The number of hydrogen-bond acceptors (Lipinski definition) is 5. The second kappa shape index (κ2) is 10.2. The minimum Gasteiger partial charge on any atom is -0.496 e. The molecule has 0 unspecified atom stereocenters. The summed E-state index contributed by atoms with van der Waals surface area (Å²) in [6.07, 6.45) is 0.517. The predicted molar refractivity (Wildman–Crippen MR) is 163 cm³/mol. The highest BCUT2D eigenvalue weighted by atomic mass is 35.5. The molecule has 8 nitrogen and oxygen atoms in total. The largest absolute Gasteiger partial charge is 0.496 e. The highest BCUT2D eigenvalue weighted by Gasteiger charge is 2.71. The summed E-state index contributed by atoms with van der Waals surface area (Å²) in [6.45, 7) is 6.34. The zero-order chi connectivity index (χ0) is 31.0. The van der Waals surface area contributed by atoms with E-state index in [1.807, 2.05) is 4.90 Å². The Hall–Kier alpha value is -3.66. The Morgan fingerprint density at radius 1 is 1.14 bits per heavy atom. The van der Waals surface area contributed by atoms with Crippen molar-refractivity contribution in [2.24, 2.45) is 11.1 Å². The first-order chi connectivity index (χ1) is 20.3. The van der Waals surface area contributed by atoms with Crippen LogP contribution in [0.3, 0.4) is 0 Å². The monoisotopic (exact) mass is 624 g/mol. The van der Waals surface area contributed by atoms with Crippen LogP contribution >= 0.6 is 23.2 Å². The number of methoxy groups -OCH3 is 1. The number of primary amides is 1. The van der Waals surface area contributed by atoms with Crippen molar-refractivity contribution in [2.75, 3.05) is 24.0 Å². The van der Waals surface area contributed by atoms with E-state index in [0.29, 0.717) is 28.4 Å². The summed E-state index contributed by atoms with van der Waals surface area (Å²) in [5.74, 6) is -2.66. The van der Waals surface area contributed by atoms with Crippen molar-refractivity contribution in [3.63, 3.8) is 0 Å². The highest BCUT2D eigenvalue weighted by molar-refractivity contribution is 6.31. The standard InChI is InChI=1S/C32H31Cl2FN4O4/c1-31(2,3)14-24-32(20-11-8-16(33)12-22(20)37-30(32)42)25(19-6-5-7-21(34)26(19)35)27-29(41)38(15-39(24)27)17-9-10-18(28(36)40)23(13-17)43-4/h5-13,24-25,27H,14-15H2,1-4H3,(H2,36,40)(H,37,42)/t24-,25-,27+,32+/m1/s1. The molecule has 3 aliphatic rings. The van der Waals surface area contributed by atoms with E-state index in [9.17, 15) is 14.4 Å². The zero-order valence-electron chi connectivity index (χ0n) is 24.1. The van der Waals surface area contributed by atoms with Gasteiger partial charge in [0.25, 0.3) is 5.91 Å². The third-order valence-corrected chi connectivity index (χ3v) is 9.38. The molecule has 4 atom stereocenters. The topological polar surface area (TPSA) is 105 Å². The molecule has 6 rings (SSSR count). The number of nitrogens with one attached hydrogen (secondary N) is 1. The molecule has 2 fully saturated rings. The van der Waals surface area contributed by atoms with Crippen molar-refractivity contribution in [3.05, 3.63) is 87.2 Å². The molecule has 2 saturated heterocycles. The van der Waals surface area contributed by atoms with Crippen LogP contribution in [-0.4, -0.2) is 48.5 Å². The number of rotatable bonds is 5. The third-order valence-electron chi connectivity index (χ3n) is 8.85. The maximum absolute atomic E-state index is 16.1. The Morgan fingerprint density at radius 2 is 1.88 bits per heavy atom. The number of ether oxygens (including phenoxy) is 1. The van der Waals surface area contributed by atoms with Gasteiger partial charge < -0.3 is 15.8 Å². The second-order valence-corrected chi connectivity index (χ2v) is 13.4. The Balaban J connectivity index is 1.59. The van der Waals surface area contributed by atoms with E-state index in [-0.39, 0.29) is 45.8 Å². The Kier molecular flexibility index (Phi) is 6.99. The smallest absolute Gasteiger partial charge is 0.252 e. The van der Waals surface area contributed by atoms with Crippen molar-refractivity contribution >= 4 is 52.3 Å². The van der Waals surface area contributed by atoms with Crippen LogP contribution < -0.4 is 20.7 Å². The van der Waals surface area contributed by atoms with Gasteiger partial charge in [-0.2, -0.15) is 0 Å². The van der Waals surface area contributed by atoms with Gasteiger partial charge in [-0.25, -0.2) is 4.39 Å². The molecule has 0 saturated carbocycles. The molecular formula is C32H31Cl2FN4O4. The number of carbonyl (C=O) groups is 3. The number of fused-ring (bicyclic) bond motifs is 3. The molecule has 0 radical (unpaired) electrons. The minimum atomic E-state index is -1.32. The molecule has 0 bridgehead atoms. The highest BCUT2D eigenvalue weighted by Crippen LogP contribution is 2.61. The maximum atomic E-state index is 16.1. The first-order valence-electron chi connectivity index (χ1n) is 13.9. The van der Waals surface area contributed by atoms with Crippen molar-refractivity contribution in [2.45, 2.75) is 50.6 Å². The van der Waals surface area contributed by atoms with Gasteiger partial charge in [0.05, 0.1) is 30.4 Å². The quantitative estimate of drug-likeness (QED) is 0.378. The van der Waals surface area contributed by atoms with Crippen molar-refractivity contribution in [3.8, 4) is 5.75 Å². The summed E-state index contributed by atoms with van der Waals surface area (Å²) in [7, 11) is 1.42. The lowest BCUT2D eigenvalue weighted by Crippen LogP contribution is -2.52. The van der Waals surface area contributed by atoms with Gasteiger partial charge in [0.15, 0.2) is 0 Å². The summed E-state index contributed by atoms with van der Waals surface area (Å²) in [5, 5.41) is 3.36. The number of benzene rings is 3. The predicted octanol–water partition coefficient (Wildman–Crippen LogP) is 5.71. The van der Waals surface area contributed by atoms with Crippen LogP contribution in [-0.2, 0) is 15.0 Å². The molecule has 3 aromatic carbocycles. The van der Waals surface area contributed by atoms with Gasteiger partial charge in [0.2, 0.25) is 11.8 Å². The fourth-order valence-electron chi connectivity index (χ4n) is 7.23. The Bertz CT molecular complexity index is 1690. The maximum Gasteiger partial charge on any atom is 0.252 e. The summed E-state index contributed by atoms with van der Waals surface area (Å²) >= 11 is 12.6. The molecule has 0 aliphatic carbocycles. The summed E-state index contributed by atoms with van der Waals surface area (Å²) in [4.78, 5) is 44.5. The van der Waals surface area contributed by atoms with Crippen LogP contribution in [0, 0.1) is 11.2 Å². The number of nitrogens with zero attached hydrogens (tertiary/aromatic N) is 2. The van der Waals surface area contributed by atoms with E-state index in [4.69, 9.17) is 33.7 Å². The molecule has 43 heavy (non-hydrogen) atoms. The molecule has 11 heteroatoms. The molecule has 1 spiro atoms. The van der Waals surface area contributed by atoms with Crippen molar-refractivity contribution < 1.29 is 23.5 Å². The van der Waals surface area contributed by atoms with Gasteiger partial charge >= 0.3 is 0 Å². The number of amides is 3. The lowest BCUT2D eigenvalue weighted by molar-refractivity contribution is -0.122. The average Bonchev–Trinajstić information content (AvgIpc) is 3.52. The van der Waals surface area contributed by atoms with Crippen molar-refractivity contribution in [1.29, 1.82) is 0 Å². The van der Waals surface area contributed by atoms with Crippen LogP contribution in [0.5, 0.6) is 5.75 Å². The average molecular weight is 626 g/mol. The fourth-order valence-corrected chi connectivity index (χ4v) is 7.58. The second-order valence-electron chi connectivity index (χ2n) is 12.5. The van der Waals surface area contributed by atoms with Crippen LogP contribution in [0.4, 0.5) is 15.8 Å². The van der Waals surface area contributed by atoms with Gasteiger partial charge in [-0.15, -0.1) is 0 Å². The molecule has 3 heterocycles. The number of carbonyl (C=O) groups excluding carboxylic acids is 3. The Labute approximate surface area is 258 Å². The molecular weight excluding hydrogens is 594 g/mol.